The number of hydrogen-bond donors (Lipinski definition) is 1. The normalized spacial score (nSPS) is 11.7. The molecule has 0 unspecified atom stereocenters. The Morgan fingerprint density at radius 2 is 2.06 bits per heavy atom. The summed E-state index contributed by atoms with van der Waals surface area (Å²) in [7, 11) is -3.66. The van der Waals surface area contributed by atoms with Crippen LogP contribution in [0.3, 0.4) is 0 Å². The van der Waals surface area contributed by atoms with Crippen LogP contribution in [-0.4, -0.2) is 29.7 Å². The van der Waals surface area contributed by atoms with E-state index in [-0.39, 0.29) is 40.9 Å². The van der Waals surface area contributed by atoms with Crippen molar-refractivity contribution in [2.45, 2.75) is 31.7 Å². The molecule has 0 saturated carbocycles. The Labute approximate surface area is 111 Å². The Morgan fingerprint density at radius 1 is 1.44 bits per heavy atom. The van der Waals surface area contributed by atoms with Gasteiger partial charge >= 0.3 is 0 Å². The van der Waals surface area contributed by atoms with Crippen LogP contribution in [0.4, 0.5) is 0 Å². The molecule has 0 aliphatic heterocycles. The first-order valence-electron chi connectivity index (χ1n) is 5.57. The quantitative estimate of drug-likeness (QED) is 0.830. The lowest BCUT2D eigenvalue weighted by atomic mass is 10.3. The summed E-state index contributed by atoms with van der Waals surface area (Å²) in [6, 6.07) is 1.29. The third kappa shape index (κ3) is 2.87. The second-order valence-corrected chi connectivity index (χ2v) is 6.35. The van der Waals surface area contributed by atoms with Crippen molar-refractivity contribution in [1.29, 1.82) is 0 Å². The number of halogens is 1. The molecule has 0 bridgehead atoms. The van der Waals surface area contributed by atoms with Crippen LogP contribution in [0, 0.1) is 6.92 Å². The van der Waals surface area contributed by atoms with Gasteiger partial charge in [0.1, 0.15) is 4.90 Å². The number of pyridine rings is 1. The summed E-state index contributed by atoms with van der Waals surface area (Å²) < 4.78 is 25.1. The number of aromatic hydroxyl groups is 1. The molecule has 1 aromatic heterocycles. The van der Waals surface area contributed by atoms with Crippen molar-refractivity contribution in [2.75, 3.05) is 11.6 Å². The Bertz CT molecular complexity index is 592. The zero-order valence-corrected chi connectivity index (χ0v) is 11.9. The van der Waals surface area contributed by atoms with E-state index in [2.05, 4.69) is 0 Å². The predicted octanol–water partition coefficient (Wildman–Crippen LogP) is 1.28. The summed E-state index contributed by atoms with van der Waals surface area (Å²) in [5, 5.41) is 9.59. The van der Waals surface area contributed by atoms with E-state index in [1.807, 2.05) is 0 Å². The average molecular weight is 294 g/mol. The number of aromatic nitrogens is 1. The molecule has 7 heteroatoms. The fourth-order valence-electron chi connectivity index (χ4n) is 1.76. The van der Waals surface area contributed by atoms with E-state index in [0.717, 1.165) is 4.57 Å². The fourth-order valence-corrected chi connectivity index (χ4v) is 3.71. The van der Waals surface area contributed by atoms with E-state index in [1.54, 1.807) is 6.92 Å². The minimum Gasteiger partial charge on any atom is -0.494 e. The lowest BCUT2D eigenvalue weighted by Crippen LogP contribution is -2.28. The standard InChI is InChI=1S/C11H16ClNO4S/c1-3-13-9(14)7-8(2)10(11(13)15)18(16,17)6-4-5-12/h7,14H,3-6H2,1-2H3. The lowest BCUT2D eigenvalue weighted by molar-refractivity contribution is 0.407. The Balaban J connectivity index is 3.47. The summed E-state index contributed by atoms with van der Waals surface area (Å²) in [4.78, 5) is 11.8. The first-order valence-corrected chi connectivity index (χ1v) is 7.76. The Morgan fingerprint density at radius 3 is 2.56 bits per heavy atom. The van der Waals surface area contributed by atoms with Gasteiger partial charge < -0.3 is 5.11 Å². The molecule has 0 radical (unpaired) electrons. The summed E-state index contributed by atoms with van der Waals surface area (Å²) in [6.07, 6.45) is 0.287. The van der Waals surface area contributed by atoms with E-state index < -0.39 is 15.4 Å². The predicted molar refractivity (Wildman–Crippen MR) is 70.2 cm³/mol. The molecule has 0 fully saturated rings. The molecule has 102 valence electrons. The molecule has 0 amide bonds. The largest absolute Gasteiger partial charge is 0.494 e. The molecule has 18 heavy (non-hydrogen) atoms. The van der Waals surface area contributed by atoms with Gasteiger partial charge in [-0.1, -0.05) is 0 Å². The average Bonchev–Trinajstić information content (AvgIpc) is 2.25. The molecule has 1 N–H and O–H groups in total. The van der Waals surface area contributed by atoms with Gasteiger partial charge in [-0.25, -0.2) is 8.42 Å². The molecule has 0 aliphatic carbocycles. The van der Waals surface area contributed by atoms with Gasteiger partial charge in [-0.2, -0.15) is 0 Å². The number of nitrogens with zero attached hydrogens (tertiary/aromatic N) is 1. The van der Waals surface area contributed by atoms with Crippen LogP contribution in [0.2, 0.25) is 0 Å². The van der Waals surface area contributed by atoms with Gasteiger partial charge in [-0.05, 0) is 25.8 Å². The molecule has 0 atom stereocenters. The third-order valence-electron chi connectivity index (χ3n) is 2.59. The van der Waals surface area contributed by atoms with Crippen molar-refractivity contribution in [2.24, 2.45) is 0 Å². The van der Waals surface area contributed by atoms with Crippen molar-refractivity contribution in [3.8, 4) is 5.88 Å². The van der Waals surface area contributed by atoms with Gasteiger partial charge in [-0.15, -0.1) is 11.6 Å². The molecule has 5 nitrogen and oxygen atoms in total. The van der Waals surface area contributed by atoms with Gasteiger partial charge in [0.25, 0.3) is 5.56 Å². The van der Waals surface area contributed by atoms with Gasteiger partial charge in [-0.3, -0.25) is 9.36 Å². The molecular weight excluding hydrogens is 278 g/mol. The minimum absolute atomic E-state index is 0.166. The highest BCUT2D eigenvalue weighted by molar-refractivity contribution is 7.91. The van der Waals surface area contributed by atoms with E-state index in [1.165, 1.54) is 13.0 Å². The fraction of sp³-hybridized carbons (Fsp3) is 0.545. The number of sulfone groups is 1. The van der Waals surface area contributed by atoms with Crippen LogP contribution < -0.4 is 5.56 Å². The van der Waals surface area contributed by atoms with Crippen molar-refractivity contribution in [3.05, 3.63) is 22.0 Å². The monoisotopic (exact) mass is 293 g/mol. The van der Waals surface area contributed by atoms with Crippen molar-refractivity contribution in [3.63, 3.8) is 0 Å². The van der Waals surface area contributed by atoms with Crippen LogP contribution in [0.1, 0.15) is 18.9 Å². The molecule has 0 aliphatic rings. The van der Waals surface area contributed by atoms with Crippen molar-refractivity contribution < 1.29 is 13.5 Å². The van der Waals surface area contributed by atoms with Crippen LogP contribution in [0.15, 0.2) is 15.8 Å². The van der Waals surface area contributed by atoms with Crippen molar-refractivity contribution >= 4 is 21.4 Å². The number of hydrogen-bond acceptors (Lipinski definition) is 4. The smallest absolute Gasteiger partial charge is 0.272 e. The van der Waals surface area contributed by atoms with E-state index >= 15 is 0 Å². The van der Waals surface area contributed by atoms with Gasteiger partial charge in [0.05, 0.1) is 5.75 Å². The number of alkyl halides is 1. The van der Waals surface area contributed by atoms with Gasteiger partial charge in [0.15, 0.2) is 15.7 Å². The van der Waals surface area contributed by atoms with Crippen LogP contribution in [-0.2, 0) is 16.4 Å². The topological polar surface area (TPSA) is 76.4 Å². The van der Waals surface area contributed by atoms with Crippen LogP contribution in [0.5, 0.6) is 5.88 Å². The molecule has 1 heterocycles. The third-order valence-corrected chi connectivity index (χ3v) is 4.81. The Kier molecular flexibility index (Phi) is 4.81. The molecule has 1 aromatic rings. The van der Waals surface area contributed by atoms with E-state index in [9.17, 15) is 18.3 Å². The highest BCUT2D eigenvalue weighted by Crippen LogP contribution is 2.18. The highest BCUT2D eigenvalue weighted by Gasteiger charge is 2.23. The summed E-state index contributed by atoms with van der Waals surface area (Å²) in [5.74, 6) is -0.171. The molecule has 1 rings (SSSR count). The van der Waals surface area contributed by atoms with Gasteiger partial charge in [0.2, 0.25) is 0 Å². The number of aryl methyl sites for hydroxylation is 1. The summed E-state index contributed by atoms with van der Waals surface area (Å²) in [6.45, 7) is 3.36. The number of rotatable bonds is 5. The Hall–Kier alpha value is -1.01. The SMILES string of the molecule is CCn1c(O)cc(C)c(S(=O)(=O)CCCCl)c1=O. The van der Waals surface area contributed by atoms with Crippen LogP contribution >= 0.6 is 11.6 Å². The van der Waals surface area contributed by atoms with E-state index in [4.69, 9.17) is 11.6 Å². The maximum absolute atomic E-state index is 12.1. The zero-order chi connectivity index (χ0) is 13.9. The lowest BCUT2D eigenvalue weighted by Gasteiger charge is -2.11. The zero-order valence-electron chi connectivity index (χ0n) is 10.3. The maximum atomic E-state index is 12.1. The summed E-state index contributed by atoms with van der Waals surface area (Å²) in [5.41, 5.74) is -0.415. The first kappa shape index (κ1) is 15.0. The molecule has 0 saturated heterocycles. The molecule has 0 aromatic carbocycles. The van der Waals surface area contributed by atoms with Crippen molar-refractivity contribution in [1.82, 2.24) is 4.57 Å². The second-order valence-electron chi connectivity index (χ2n) is 3.93. The van der Waals surface area contributed by atoms with E-state index in [0.29, 0.717) is 0 Å². The summed E-state index contributed by atoms with van der Waals surface area (Å²) >= 11 is 5.47. The maximum Gasteiger partial charge on any atom is 0.272 e. The minimum atomic E-state index is -3.66. The second kappa shape index (κ2) is 5.75. The molecule has 0 spiro atoms. The highest BCUT2D eigenvalue weighted by atomic mass is 35.5. The van der Waals surface area contributed by atoms with Gasteiger partial charge in [0, 0.05) is 18.5 Å². The van der Waals surface area contributed by atoms with Crippen LogP contribution in [0.25, 0.3) is 0 Å². The molecular formula is C11H16ClNO4S. The first-order chi connectivity index (χ1) is 8.35.